The highest BCUT2D eigenvalue weighted by molar-refractivity contribution is 6.30. The monoisotopic (exact) mass is 561 g/mol. The third-order valence-electron chi connectivity index (χ3n) is 6.57. The first-order chi connectivity index (χ1) is 18.7. The largest absolute Gasteiger partial charge is 0.414 e. The van der Waals surface area contributed by atoms with E-state index in [0.717, 1.165) is 36.4 Å². The quantitative estimate of drug-likeness (QED) is 0.382. The summed E-state index contributed by atoms with van der Waals surface area (Å²) < 4.78 is 39.3. The molecule has 0 spiro atoms. The van der Waals surface area contributed by atoms with Gasteiger partial charge in [-0.3, -0.25) is 9.63 Å². The molecule has 2 aliphatic rings. The summed E-state index contributed by atoms with van der Waals surface area (Å²) in [5, 5.41) is 8.04. The number of amides is 1. The van der Waals surface area contributed by atoms with Crippen molar-refractivity contribution in [2.45, 2.75) is 31.0 Å². The maximum absolute atomic E-state index is 13.1. The predicted molar refractivity (Wildman–Crippen MR) is 140 cm³/mol. The molecule has 2 fully saturated rings. The van der Waals surface area contributed by atoms with Crippen LogP contribution >= 0.6 is 11.6 Å². The van der Waals surface area contributed by atoms with Gasteiger partial charge in [0, 0.05) is 30.2 Å². The Balaban J connectivity index is 1.37. The van der Waals surface area contributed by atoms with Crippen molar-refractivity contribution < 1.29 is 22.8 Å². The lowest BCUT2D eigenvalue weighted by Crippen LogP contribution is -2.34. The average molecular weight is 562 g/mol. The van der Waals surface area contributed by atoms with E-state index in [1.54, 1.807) is 29.2 Å². The fraction of sp³-hybridized carbons (Fsp3) is 0.385. The van der Waals surface area contributed by atoms with Gasteiger partial charge in [-0.2, -0.15) is 28.2 Å². The van der Waals surface area contributed by atoms with Crippen LogP contribution in [0.3, 0.4) is 0 Å². The number of anilines is 3. The lowest BCUT2D eigenvalue weighted by molar-refractivity contribution is -0.174. The second-order valence-electron chi connectivity index (χ2n) is 9.45. The molecule has 2 heterocycles. The number of hydrogen-bond acceptors (Lipinski definition) is 8. The molecule has 1 saturated carbocycles. The van der Waals surface area contributed by atoms with Crippen molar-refractivity contribution in [3.63, 3.8) is 0 Å². The van der Waals surface area contributed by atoms with Gasteiger partial charge in [0.1, 0.15) is 6.33 Å². The van der Waals surface area contributed by atoms with Crippen molar-refractivity contribution in [3.05, 3.63) is 71.0 Å². The summed E-state index contributed by atoms with van der Waals surface area (Å²) in [5.74, 6) is -0.0902. The summed E-state index contributed by atoms with van der Waals surface area (Å²) in [5.41, 5.74) is 1.25. The SMILES string of the molecule is O=C(c1ccc(N(OCC(F)(F)F)c2ncnc(NC3(c4ccc(Cl)cc4)CC3)n2)cc1)N1CCCNCC1. The first kappa shape index (κ1) is 27.1. The lowest BCUT2D eigenvalue weighted by atomic mass is 10.1. The number of benzene rings is 2. The molecule has 9 nitrogen and oxygen atoms in total. The van der Waals surface area contributed by atoms with Crippen molar-refractivity contribution in [1.82, 2.24) is 25.2 Å². The van der Waals surface area contributed by atoms with Gasteiger partial charge in [-0.05, 0) is 67.8 Å². The number of hydrogen-bond donors (Lipinski definition) is 2. The molecule has 5 rings (SSSR count). The fourth-order valence-electron chi connectivity index (χ4n) is 4.40. The Kier molecular flexibility index (Phi) is 7.87. The van der Waals surface area contributed by atoms with Crippen LogP contribution in [0.5, 0.6) is 0 Å². The Morgan fingerprint density at radius 1 is 1.08 bits per heavy atom. The van der Waals surface area contributed by atoms with Gasteiger partial charge in [0.2, 0.25) is 5.95 Å². The van der Waals surface area contributed by atoms with Crippen LogP contribution in [0, 0.1) is 0 Å². The minimum atomic E-state index is -4.59. The Bertz CT molecular complexity index is 1280. The summed E-state index contributed by atoms with van der Waals surface area (Å²) in [6.45, 7) is 1.21. The van der Waals surface area contributed by atoms with Crippen LogP contribution in [0.15, 0.2) is 54.9 Å². The summed E-state index contributed by atoms with van der Waals surface area (Å²) in [4.78, 5) is 32.4. The van der Waals surface area contributed by atoms with E-state index in [0.29, 0.717) is 30.2 Å². The van der Waals surface area contributed by atoms with Crippen molar-refractivity contribution >= 4 is 35.1 Å². The van der Waals surface area contributed by atoms with E-state index in [9.17, 15) is 18.0 Å². The number of alkyl halides is 3. The molecule has 1 aliphatic heterocycles. The number of carbonyl (C=O) groups is 1. The van der Waals surface area contributed by atoms with E-state index in [4.69, 9.17) is 16.4 Å². The van der Waals surface area contributed by atoms with Gasteiger partial charge >= 0.3 is 6.18 Å². The summed E-state index contributed by atoms with van der Waals surface area (Å²) >= 11 is 6.01. The highest BCUT2D eigenvalue weighted by atomic mass is 35.5. The third-order valence-corrected chi connectivity index (χ3v) is 6.82. The molecule has 2 N–H and O–H groups in total. The Morgan fingerprint density at radius 2 is 1.82 bits per heavy atom. The molecule has 206 valence electrons. The first-order valence-electron chi connectivity index (χ1n) is 12.6. The Morgan fingerprint density at radius 3 is 2.51 bits per heavy atom. The van der Waals surface area contributed by atoms with Crippen molar-refractivity contribution in [1.29, 1.82) is 0 Å². The maximum atomic E-state index is 13.1. The highest BCUT2D eigenvalue weighted by Gasteiger charge is 2.45. The molecule has 13 heteroatoms. The summed E-state index contributed by atoms with van der Waals surface area (Å²) in [6, 6.07) is 13.5. The van der Waals surface area contributed by atoms with Crippen LogP contribution in [0.2, 0.25) is 5.02 Å². The average Bonchev–Trinajstić information content (AvgIpc) is 3.73. The van der Waals surface area contributed by atoms with Gasteiger partial charge in [-0.1, -0.05) is 23.7 Å². The van der Waals surface area contributed by atoms with Gasteiger partial charge in [0.25, 0.3) is 11.9 Å². The van der Waals surface area contributed by atoms with E-state index in [-0.39, 0.29) is 23.5 Å². The highest BCUT2D eigenvalue weighted by Crippen LogP contribution is 2.48. The molecule has 1 amide bonds. The molecule has 0 bridgehead atoms. The van der Waals surface area contributed by atoms with Gasteiger partial charge in [0.05, 0.1) is 11.2 Å². The van der Waals surface area contributed by atoms with Crippen LogP contribution in [0.4, 0.5) is 30.8 Å². The third kappa shape index (κ3) is 6.75. The molecule has 0 unspecified atom stereocenters. The number of nitrogens with zero attached hydrogens (tertiary/aromatic N) is 5. The number of halogens is 4. The smallest absolute Gasteiger partial charge is 0.345 e. The van der Waals surface area contributed by atoms with E-state index in [1.807, 2.05) is 12.1 Å². The van der Waals surface area contributed by atoms with Gasteiger partial charge in [-0.15, -0.1) is 0 Å². The minimum Gasteiger partial charge on any atom is -0.345 e. The zero-order valence-corrected chi connectivity index (χ0v) is 21.7. The van der Waals surface area contributed by atoms with Crippen LogP contribution in [-0.4, -0.2) is 64.7 Å². The summed E-state index contributed by atoms with van der Waals surface area (Å²) in [6.07, 6.45) is -0.884. The standard InChI is InChI=1S/C26H27ClF3N7O2/c27-20-6-4-19(5-7-20)25(10-11-25)35-23-32-17-33-24(34-23)37(39-16-26(28,29)30)21-8-2-18(3-9-21)22(38)36-14-1-12-31-13-15-36/h2-9,17,31H,1,10-16H2,(H,32,33,34,35). The number of carbonyl (C=O) groups excluding carboxylic acids is 1. The second-order valence-corrected chi connectivity index (χ2v) is 9.89. The van der Waals surface area contributed by atoms with E-state index >= 15 is 0 Å². The van der Waals surface area contributed by atoms with E-state index in [1.165, 1.54) is 18.5 Å². The topological polar surface area (TPSA) is 95.5 Å². The minimum absolute atomic E-state index is 0.138. The van der Waals surface area contributed by atoms with Crippen LogP contribution in [0.1, 0.15) is 35.2 Å². The van der Waals surface area contributed by atoms with Gasteiger partial charge < -0.3 is 15.5 Å². The van der Waals surface area contributed by atoms with Crippen LogP contribution in [0.25, 0.3) is 0 Å². The first-order valence-corrected chi connectivity index (χ1v) is 12.9. The van der Waals surface area contributed by atoms with Crippen molar-refractivity contribution in [3.8, 4) is 0 Å². The molecule has 2 aromatic carbocycles. The zero-order chi connectivity index (χ0) is 27.5. The maximum Gasteiger partial charge on any atom is 0.414 e. The molecular weight excluding hydrogens is 535 g/mol. The summed E-state index contributed by atoms with van der Waals surface area (Å²) in [7, 11) is 0. The number of rotatable bonds is 8. The predicted octanol–water partition coefficient (Wildman–Crippen LogP) is 4.69. The van der Waals surface area contributed by atoms with Crippen LogP contribution < -0.4 is 15.7 Å². The molecule has 39 heavy (non-hydrogen) atoms. The Hall–Kier alpha value is -3.48. The molecule has 1 aliphatic carbocycles. The Labute approximate surface area is 228 Å². The molecule has 1 saturated heterocycles. The van der Waals surface area contributed by atoms with E-state index < -0.39 is 18.3 Å². The molecule has 1 aromatic heterocycles. The fourth-order valence-corrected chi connectivity index (χ4v) is 4.52. The molecule has 0 atom stereocenters. The normalized spacial score (nSPS) is 16.9. The van der Waals surface area contributed by atoms with Crippen molar-refractivity contribution in [2.24, 2.45) is 0 Å². The number of nitrogens with one attached hydrogen (secondary N) is 2. The molecule has 0 radical (unpaired) electrons. The number of aromatic nitrogens is 3. The zero-order valence-electron chi connectivity index (χ0n) is 20.9. The molecular formula is C26H27ClF3N7O2. The molecule has 3 aromatic rings. The van der Waals surface area contributed by atoms with Gasteiger partial charge in [-0.25, -0.2) is 4.98 Å². The lowest BCUT2D eigenvalue weighted by Gasteiger charge is -2.24. The van der Waals surface area contributed by atoms with Crippen molar-refractivity contribution in [2.75, 3.05) is 43.2 Å². The second kappa shape index (κ2) is 11.3. The van der Waals surface area contributed by atoms with Gasteiger partial charge in [0.15, 0.2) is 6.61 Å². The van der Waals surface area contributed by atoms with E-state index in [2.05, 4.69) is 25.6 Å². The van der Waals surface area contributed by atoms with Crippen LogP contribution in [-0.2, 0) is 10.4 Å².